The molecule has 0 bridgehead atoms. The van der Waals surface area contributed by atoms with Crippen LogP contribution in [0.1, 0.15) is 42.4 Å². The van der Waals surface area contributed by atoms with Crippen LogP contribution in [0, 0.1) is 0 Å². The van der Waals surface area contributed by atoms with Gasteiger partial charge >= 0.3 is 6.18 Å². The lowest BCUT2D eigenvalue weighted by atomic mass is 10.0. The highest BCUT2D eigenvalue weighted by Gasteiger charge is 2.34. The molecule has 5 rings (SSSR count). The van der Waals surface area contributed by atoms with Crippen molar-refractivity contribution in [3.8, 4) is 0 Å². The maximum absolute atomic E-state index is 13.6. The third kappa shape index (κ3) is 4.96. The number of anilines is 1. The van der Waals surface area contributed by atoms with Crippen molar-refractivity contribution in [2.75, 3.05) is 26.0 Å². The molecule has 1 aliphatic rings. The molecular formula is C26H24F3N5O2S. The molecule has 0 spiro atoms. The normalized spacial score (nSPS) is 13.7. The van der Waals surface area contributed by atoms with Crippen molar-refractivity contribution in [3.63, 3.8) is 0 Å². The van der Waals surface area contributed by atoms with E-state index in [2.05, 4.69) is 10.3 Å². The summed E-state index contributed by atoms with van der Waals surface area (Å²) >= 11 is 1.37. The van der Waals surface area contributed by atoms with Gasteiger partial charge in [-0.3, -0.25) is 14.0 Å². The number of nitrogens with zero attached hydrogens (tertiary/aromatic N) is 4. The average molecular weight is 528 g/mol. The van der Waals surface area contributed by atoms with Crippen LogP contribution < -0.4 is 5.32 Å². The molecule has 37 heavy (non-hydrogen) atoms. The van der Waals surface area contributed by atoms with Crippen molar-refractivity contribution < 1.29 is 22.8 Å². The number of carbonyl (C=O) groups excluding carboxylic acids is 2. The van der Waals surface area contributed by atoms with Gasteiger partial charge in [-0.1, -0.05) is 12.1 Å². The number of pyridine rings is 1. The van der Waals surface area contributed by atoms with E-state index in [1.165, 1.54) is 23.5 Å². The van der Waals surface area contributed by atoms with Gasteiger partial charge in [-0.15, -0.1) is 11.3 Å². The average Bonchev–Trinajstić information content (AvgIpc) is 3.47. The molecule has 2 amide bonds. The third-order valence-corrected chi connectivity index (χ3v) is 7.29. The number of halogens is 3. The van der Waals surface area contributed by atoms with Crippen LogP contribution >= 0.6 is 11.3 Å². The summed E-state index contributed by atoms with van der Waals surface area (Å²) < 4.78 is 42.7. The second-order valence-corrected chi connectivity index (χ2v) is 10.1. The zero-order valence-electron chi connectivity index (χ0n) is 20.2. The first-order valence-corrected chi connectivity index (χ1v) is 12.5. The highest BCUT2D eigenvalue weighted by atomic mass is 32.1. The van der Waals surface area contributed by atoms with E-state index in [-0.39, 0.29) is 23.7 Å². The molecule has 3 aromatic heterocycles. The number of carbonyl (C=O) groups is 2. The number of benzene rings is 1. The van der Waals surface area contributed by atoms with E-state index in [0.29, 0.717) is 36.4 Å². The summed E-state index contributed by atoms with van der Waals surface area (Å²) in [6.07, 6.45) is -0.723. The predicted molar refractivity (Wildman–Crippen MR) is 135 cm³/mol. The third-order valence-electron chi connectivity index (χ3n) is 6.27. The monoisotopic (exact) mass is 527 g/mol. The molecule has 0 unspecified atom stereocenters. The predicted octanol–water partition coefficient (Wildman–Crippen LogP) is 4.93. The highest BCUT2D eigenvalue weighted by molar-refractivity contribution is 7.10. The Bertz CT molecular complexity index is 1490. The van der Waals surface area contributed by atoms with Crippen LogP contribution in [0.5, 0.6) is 0 Å². The van der Waals surface area contributed by atoms with E-state index in [9.17, 15) is 22.8 Å². The number of fused-ring (bicyclic) bond motifs is 2. The van der Waals surface area contributed by atoms with E-state index in [1.54, 1.807) is 46.1 Å². The van der Waals surface area contributed by atoms with Crippen LogP contribution in [0.3, 0.4) is 0 Å². The van der Waals surface area contributed by atoms with E-state index in [4.69, 9.17) is 0 Å². The lowest BCUT2D eigenvalue weighted by molar-refractivity contribution is -0.138. The molecule has 0 saturated heterocycles. The SMILES string of the molecule is CN(C)Cc1ccc(NC(=O)c2csc3c2CCN(C(=O)c2cnc4ccccn24)C3)cc1C(F)(F)F. The molecule has 0 aliphatic carbocycles. The maximum Gasteiger partial charge on any atom is 0.416 e. The summed E-state index contributed by atoms with van der Waals surface area (Å²) in [5, 5.41) is 4.33. The van der Waals surface area contributed by atoms with Crippen LogP contribution in [-0.2, 0) is 25.7 Å². The molecule has 4 heterocycles. The molecule has 1 aliphatic heterocycles. The van der Waals surface area contributed by atoms with Crippen molar-refractivity contribution in [1.82, 2.24) is 19.2 Å². The fourth-order valence-electron chi connectivity index (χ4n) is 4.54. The van der Waals surface area contributed by atoms with Crippen molar-refractivity contribution in [1.29, 1.82) is 0 Å². The first-order chi connectivity index (χ1) is 17.6. The van der Waals surface area contributed by atoms with E-state index < -0.39 is 17.6 Å². The quantitative estimate of drug-likeness (QED) is 0.400. The number of nitrogens with one attached hydrogen (secondary N) is 1. The Morgan fingerprint density at radius 1 is 1.19 bits per heavy atom. The molecular weight excluding hydrogens is 503 g/mol. The van der Waals surface area contributed by atoms with Crippen molar-refractivity contribution >= 4 is 34.5 Å². The van der Waals surface area contributed by atoms with Crippen LogP contribution in [-0.4, -0.2) is 51.6 Å². The Morgan fingerprint density at radius 2 is 2.00 bits per heavy atom. The Hall–Kier alpha value is -3.70. The largest absolute Gasteiger partial charge is 0.416 e. The van der Waals surface area contributed by atoms with E-state index in [1.807, 2.05) is 18.2 Å². The maximum atomic E-state index is 13.6. The molecule has 0 saturated carbocycles. The van der Waals surface area contributed by atoms with Crippen LogP contribution in [0.4, 0.5) is 18.9 Å². The lowest BCUT2D eigenvalue weighted by Gasteiger charge is -2.27. The molecule has 1 N–H and O–H groups in total. The van der Waals surface area contributed by atoms with Gasteiger partial charge < -0.3 is 15.1 Å². The minimum absolute atomic E-state index is 0.0833. The summed E-state index contributed by atoms with van der Waals surface area (Å²) in [5.41, 5.74) is 1.85. The Kier molecular flexibility index (Phi) is 6.50. The zero-order valence-corrected chi connectivity index (χ0v) is 21.0. The minimum atomic E-state index is -4.54. The number of amides is 2. The van der Waals surface area contributed by atoms with Gasteiger partial charge in [-0.25, -0.2) is 4.98 Å². The van der Waals surface area contributed by atoms with Gasteiger partial charge in [0.15, 0.2) is 0 Å². The van der Waals surface area contributed by atoms with Gasteiger partial charge in [0, 0.05) is 35.2 Å². The van der Waals surface area contributed by atoms with Gasteiger partial charge in [0.05, 0.1) is 23.9 Å². The van der Waals surface area contributed by atoms with E-state index in [0.717, 1.165) is 16.5 Å². The van der Waals surface area contributed by atoms with Crippen molar-refractivity contribution in [2.24, 2.45) is 0 Å². The van der Waals surface area contributed by atoms with Gasteiger partial charge in [0.1, 0.15) is 11.3 Å². The van der Waals surface area contributed by atoms with Crippen LogP contribution in [0.2, 0.25) is 0 Å². The molecule has 4 aromatic rings. The topological polar surface area (TPSA) is 70.0 Å². The molecule has 11 heteroatoms. The fourth-order valence-corrected chi connectivity index (χ4v) is 5.63. The number of thiophene rings is 1. The Morgan fingerprint density at radius 3 is 2.76 bits per heavy atom. The highest BCUT2D eigenvalue weighted by Crippen LogP contribution is 2.35. The number of aromatic nitrogens is 2. The van der Waals surface area contributed by atoms with Gasteiger partial charge in [-0.2, -0.15) is 13.2 Å². The Balaban J connectivity index is 1.33. The second kappa shape index (κ2) is 9.64. The molecule has 1 aromatic carbocycles. The number of imidazole rings is 1. The number of alkyl halides is 3. The smallest absolute Gasteiger partial charge is 0.332 e. The molecule has 0 fully saturated rings. The molecule has 0 radical (unpaired) electrons. The summed E-state index contributed by atoms with van der Waals surface area (Å²) in [5.74, 6) is -0.617. The first-order valence-electron chi connectivity index (χ1n) is 11.6. The number of hydrogen-bond acceptors (Lipinski definition) is 5. The first kappa shape index (κ1) is 25.0. The number of hydrogen-bond donors (Lipinski definition) is 1. The van der Waals surface area contributed by atoms with Crippen molar-refractivity contribution in [2.45, 2.75) is 25.7 Å². The standard InChI is InChI=1S/C26H24F3N5O2S/c1-32(2)13-16-6-7-17(11-20(16)26(27,28)29)31-24(35)19-15-37-22-14-33(10-8-18(19)22)25(36)21-12-30-23-5-3-4-9-34(21)23/h3-7,9,11-12,15H,8,10,13-14H2,1-2H3,(H,31,35). The fraction of sp³-hybridized carbons (Fsp3) is 0.269. The second-order valence-electron chi connectivity index (χ2n) is 9.16. The van der Waals surface area contributed by atoms with Crippen LogP contribution in [0.25, 0.3) is 5.65 Å². The van der Waals surface area contributed by atoms with Gasteiger partial charge in [0.2, 0.25) is 0 Å². The van der Waals surface area contributed by atoms with E-state index >= 15 is 0 Å². The summed E-state index contributed by atoms with van der Waals surface area (Å²) in [6.45, 7) is 0.898. The number of rotatable bonds is 5. The van der Waals surface area contributed by atoms with Gasteiger partial charge in [-0.05, 0) is 55.9 Å². The molecule has 192 valence electrons. The summed E-state index contributed by atoms with van der Waals surface area (Å²) in [4.78, 5) is 34.7. The Labute approximate surface area is 215 Å². The molecule has 0 atom stereocenters. The minimum Gasteiger partial charge on any atom is -0.332 e. The zero-order chi connectivity index (χ0) is 26.3. The lowest BCUT2D eigenvalue weighted by Crippen LogP contribution is -2.36. The van der Waals surface area contributed by atoms with Crippen molar-refractivity contribution in [3.05, 3.63) is 87.0 Å². The summed E-state index contributed by atoms with van der Waals surface area (Å²) in [6, 6.07) is 9.36. The van der Waals surface area contributed by atoms with Gasteiger partial charge in [0.25, 0.3) is 11.8 Å². The van der Waals surface area contributed by atoms with Crippen LogP contribution in [0.15, 0.2) is 54.2 Å². The summed E-state index contributed by atoms with van der Waals surface area (Å²) in [7, 11) is 3.39. The molecule has 7 nitrogen and oxygen atoms in total.